The monoisotopic (exact) mass is 207 g/mol. The summed E-state index contributed by atoms with van der Waals surface area (Å²) < 4.78 is 2.01. The quantitative estimate of drug-likeness (QED) is 0.630. The SMILES string of the molecule is O=C1C=NC(NCCCn2ccnc2)N1. The van der Waals surface area contributed by atoms with Gasteiger partial charge in [-0.25, -0.2) is 9.98 Å². The average Bonchev–Trinajstić information content (AvgIpc) is 2.84. The summed E-state index contributed by atoms with van der Waals surface area (Å²) in [6, 6.07) is 0. The largest absolute Gasteiger partial charge is 0.337 e. The Morgan fingerprint density at radius 1 is 1.60 bits per heavy atom. The number of nitrogens with one attached hydrogen (secondary N) is 2. The second kappa shape index (κ2) is 4.70. The van der Waals surface area contributed by atoms with Gasteiger partial charge in [0.25, 0.3) is 5.91 Å². The Morgan fingerprint density at radius 2 is 2.53 bits per heavy atom. The molecule has 15 heavy (non-hydrogen) atoms. The Kier molecular flexibility index (Phi) is 3.08. The van der Waals surface area contributed by atoms with E-state index in [1.54, 1.807) is 12.5 Å². The lowest BCUT2D eigenvalue weighted by Gasteiger charge is -2.10. The number of nitrogens with zero attached hydrogens (tertiary/aromatic N) is 3. The third-order valence-corrected chi connectivity index (χ3v) is 2.11. The van der Waals surface area contributed by atoms with Crippen LogP contribution in [0.4, 0.5) is 0 Å². The Hall–Kier alpha value is -1.69. The maximum atomic E-state index is 10.8. The highest BCUT2D eigenvalue weighted by molar-refractivity contribution is 6.27. The Balaban J connectivity index is 1.60. The molecule has 1 atom stereocenters. The van der Waals surface area contributed by atoms with Gasteiger partial charge in [0.2, 0.25) is 0 Å². The van der Waals surface area contributed by atoms with Crippen LogP contribution in [0, 0.1) is 0 Å². The van der Waals surface area contributed by atoms with E-state index in [2.05, 4.69) is 20.6 Å². The Labute approximate surface area is 87.4 Å². The molecule has 0 saturated heterocycles. The zero-order chi connectivity index (χ0) is 10.5. The fourth-order valence-electron chi connectivity index (χ4n) is 1.37. The van der Waals surface area contributed by atoms with Crippen LogP contribution in [-0.2, 0) is 11.3 Å². The fraction of sp³-hybridized carbons (Fsp3) is 0.444. The average molecular weight is 207 g/mol. The highest BCUT2D eigenvalue weighted by atomic mass is 16.2. The number of carbonyl (C=O) groups is 1. The molecular weight excluding hydrogens is 194 g/mol. The van der Waals surface area contributed by atoms with Gasteiger partial charge in [-0.2, -0.15) is 0 Å². The first-order chi connectivity index (χ1) is 7.34. The predicted octanol–water partition coefficient (Wildman–Crippen LogP) is -0.653. The van der Waals surface area contributed by atoms with Crippen LogP contribution in [0.2, 0.25) is 0 Å². The summed E-state index contributed by atoms with van der Waals surface area (Å²) in [7, 11) is 0. The van der Waals surface area contributed by atoms with Crippen molar-refractivity contribution in [3.05, 3.63) is 18.7 Å². The minimum Gasteiger partial charge on any atom is -0.337 e. The summed E-state index contributed by atoms with van der Waals surface area (Å²) in [5.41, 5.74) is 0. The molecule has 80 valence electrons. The number of aliphatic imine (C=N–C) groups is 1. The van der Waals surface area contributed by atoms with Crippen LogP contribution in [-0.4, -0.2) is 34.5 Å². The van der Waals surface area contributed by atoms with Crippen molar-refractivity contribution in [2.75, 3.05) is 6.54 Å². The number of rotatable bonds is 5. The summed E-state index contributed by atoms with van der Waals surface area (Å²) in [4.78, 5) is 18.6. The molecule has 0 fully saturated rings. The lowest BCUT2D eigenvalue weighted by atomic mass is 10.4. The molecule has 1 aliphatic heterocycles. The molecular formula is C9H13N5O. The standard InChI is InChI=1S/C9H13N5O/c15-8-6-12-9(13-8)11-2-1-4-14-5-3-10-7-14/h3,5-7,9,11H,1-2,4H2,(H,13,15). The van der Waals surface area contributed by atoms with E-state index in [1.807, 2.05) is 10.8 Å². The lowest BCUT2D eigenvalue weighted by molar-refractivity contribution is -0.114. The first kappa shape index (κ1) is 9.85. The molecule has 0 radical (unpaired) electrons. The molecule has 1 aromatic rings. The van der Waals surface area contributed by atoms with E-state index in [0.717, 1.165) is 19.5 Å². The van der Waals surface area contributed by atoms with Gasteiger partial charge in [-0.05, 0) is 6.42 Å². The second-order valence-electron chi connectivity index (χ2n) is 3.30. The van der Waals surface area contributed by atoms with E-state index >= 15 is 0 Å². The van der Waals surface area contributed by atoms with Crippen LogP contribution < -0.4 is 10.6 Å². The highest BCUT2D eigenvalue weighted by Gasteiger charge is 2.13. The smallest absolute Gasteiger partial charge is 0.264 e. The zero-order valence-electron chi connectivity index (χ0n) is 8.26. The van der Waals surface area contributed by atoms with Crippen molar-refractivity contribution in [1.29, 1.82) is 0 Å². The summed E-state index contributed by atoms with van der Waals surface area (Å²) in [5, 5.41) is 5.77. The zero-order valence-corrected chi connectivity index (χ0v) is 8.26. The first-order valence-electron chi connectivity index (χ1n) is 4.87. The predicted molar refractivity (Wildman–Crippen MR) is 55.3 cm³/mol. The van der Waals surface area contributed by atoms with E-state index in [9.17, 15) is 4.79 Å². The van der Waals surface area contributed by atoms with Crippen molar-refractivity contribution in [2.24, 2.45) is 4.99 Å². The van der Waals surface area contributed by atoms with Gasteiger partial charge in [0.1, 0.15) is 0 Å². The van der Waals surface area contributed by atoms with Gasteiger partial charge < -0.3 is 9.88 Å². The van der Waals surface area contributed by atoms with Crippen LogP contribution in [0.3, 0.4) is 0 Å². The summed E-state index contributed by atoms with van der Waals surface area (Å²) in [6.45, 7) is 1.72. The van der Waals surface area contributed by atoms with Gasteiger partial charge >= 0.3 is 0 Å². The van der Waals surface area contributed by atoms with Gasteiger partial charge in [-0.15, -0.1) is 0 Å². The molecule has 0 saturated carbocycles. The van der Waals surface area contributed by atoms with Gasteiger partial charge in [-0.1, -0.05) is 0 Å². The van der Waals surface area contributed by atoms with Gasteiger partial charge in [-0.3, -0.25) is 10.1 Å². The lowest BCUT2D eigenvalue weighted by Crippen LogP contribution is -2.40. The molecule has 0 aromatic carbocycles. The summed E-state index contributed by atoms with van der Waals surface area (Å²) in [5.74, 6) is -0.137. The van der Waals surface area contributed by atoms with E-state index in [4.69, 9.17) is 0 Å². The highest BCUT2D eigenvalue weighted by Crippen LogP contribution is 1.91. The molecule has 0 bridgehead atoms. The topological polar surface area (TPSA) is 71.3 Å². The number of hydrogen-bond donors (Lipinski definition) is 2. The number of carbonyl (C=O) groups excluding carboxylic acids is 1. The minimum atomic E-state index is -0.250. The molecule has 2 rings (SSSR count). The molecule has 6 heteroatoms. The summed E-state index contributed by atoms with van der Waals surface area (Å²) in [6.07, 6.45) is 7.49. The van der Waals surface area contributed by atoms with Crippen molar-refractivity contribution in [3.8, 4) is 0 Å². The van der Waals surface area contributed by atoms with E-state index in [-0.39, 0.29) is 12.2 Å². The van der Waals surface area contributed by atoms with Gasteiger partial charge in [0, 0.05) is 25.5 Å². The number of imidazole rings is 1. The molecule has 1 amide bonds. The normalized spacial score (nSPS) is 19.5. The van der Waals surface area contributed by atoms with Crippen molar-refractivity contribution in [1.82, 2.24) is 20.2 Å². The first-order valence-corrected chi connectivity index (χ1v) is 4.87. The molecule has 0 spiro atoms. The van der Waals surface area contributed by atoms with E-state index in [1.165, 1.54) is 6.21 Å². The molecule has 1 aromatic heterocycles. The number of amides is 1. The maximum Gasteiger partial charge on any atom is 0.264 e. The van der Waals surface area contributed by atoms with Gasteiger partial charge in [0.15, 0.2) is 6.29 Å². The van der Waals surface area contributed by atoms with Crippen molar-refractivity contribution in [2.45, 2.75) is 19.3 Å². The van der Waals surface area contributed by atoms with Crippen LogP contribution in [0.25, 0.3) is 0 Å². The van der Waals surface area contributed by atoms with Crippen molar-refractivity contribution < 1.29 is 4.79 Å². The molecule has 0 aliphatic carbocycles. The fourth-order valence-corrected chi connectivity index (χ4v) is 1.37. The Bertz CT molecular complexity index is 345. The van der Waals surface area contributed by atoms with Crippen LogP contribution in [0.1, 0.15) is 6.42 Å². The van der Waals surface area contributed by atoms with E-state index < -0.39 is 0 Å². The molecule has 1 unspecified atom stereocenters. The molecule has 2 N–H and O–H groups in total. The molecule has 1 aliphatic rings. The number of aryl methyl sites for hydroxylation is 1. The maximum absolute atomic E-state index is 10.8. The third-order valence-electron chi connectivity index (χ3n) is 2.11. The van der Waals surface area contributed by atoms with Gasteiger partial charge in [0.05, 0.1) is 12.5 Å². The van der Waals surface area contributed by atoms with Crippen molar-refractivity contribution >= 4 is 12.1 Å². The van der Waals surface area contributed by atoms with Crippen LogP contribution in [0.15, 0.2) is 23.7 Å². The van der Waals surface area contributed by atoms with E-state index in [0.29, 0.717) is 0 Å². The second-order valence-corrected chi connectivity index (χ2v) is 3.30. The summed E-state index contributed by atoms with van der Waals surface area (Å²) >= 11 is 0. The Morgan fingerprint density at radius 3 is 3.20 bits per heavy atom. The number of hydrogen-bond acceptors (Lipinski definition) is 4. The van der Waals surface area contributed by atoms with Crippen LogP contribution >= 0.6 is 0 Å². The van der Waals surface area contributed by atoms with Crippen LogP contribution in [0.5, 0.6) is 0 Å². The molecule has 6 nitrogen and oxygen atoms in total. The van der Waals surface area contributed by atoms with Crippen molar-refractivity contribution in [3.63, 3.8) is 0 Å². The minimum absolute atomic E-state index is 0.137. The molecule has 2 heterocycles. The third kappa shape index (κ3) is 2.88. The number of aromatic nitrogens is 2.